The first-order valence-corrected chi connectivity index (χ1v) is 5.80. The van der Waals surface area contributed by atoms with Gasteiger partial charge in [0.25, 0.3) is 0 Å². The van der Waals surface area contributed by atoms with Crippen LogP contribution in [0.2, 0.25) is 0 Å². The summed E-state index contributed by atoms with van der Waals surface area (Å²) in [6.07, 6.45) is 3.73. The van der Waals surface area contributed by atoms with Crippen LogP contribution in [0.5, 0.6) is 0 Å². The van der Waals surface area contributed by atoms with Crippen molar-refractivity contribution in [1.82, 2.24) is 18.6 Å². The van der Waals surface area contributed by atoms with E-state index >= 15 is 0 Å². The number of aromatic nitrogens is 2. The fourth-order valence-electron chi connectivity index (χ4n) is 1.14. The van der Waals surface area contributed by atoms with E-state index in [1.165, 1.54) is 12.4 Å². The van der Waals surface area contributed by atoms with E-state index in [4.69, 9.17) is 0 Å². The molecule has 8 nitrogen and oxygen atoms in total. The number of nitrogens with zero attached hydrogens (tertiary/aromatic N) is 3. The first-order chi connectivity index (χ1) is 7.50. The molecule has 0 atom stereocenters. The second-order valence-electron chi connectivity index (χ2n) is 3.10. The smallest absolute Gasteiger partial charge is 0.274 e. The summed E-state index contributed by atoms with van der Waals surface area (Å²) in [5.41, 5.74) is 0. The summed E-state index contributed by atoms with van der Waals surface area (Å²) in [7, 11) is -4.00. The molecule has 0 bridgehead atoms. The first-order valence-electron chi connectivity index (χ1n) is 4.36. The molecule has 1 N–H and O–H groups in total. The van der Waals surface area contributed by atoms with Crippen LogP contribution < -0.4 is 4.72 Å². The minimum Gasteiger partial charge on any atom is -0.274 e. The van der Waals surface area contributed by atoms with E-state index in [-0.39, 0.29) is 13.0 Å². The highest BCUT2D eigenvalue weighted by atomic mass is 32.2. The van der Waals surface area contributed by atoms with Crippen molar-refractivity contribution in [1.29, 1.82) is 0 Å². The molecule has 3 amide bonds. The van der Waals surface area contributed by atoms with Crippen molar-refractivity contribution >= 4 is 22.1 Å². The largest absolute Gasteiger partial charge is 0.339 e. The van der Waals surface area contributed by atoms with Gasteiger partial charge in [0.1, 0.15) is 6.33 Å². The van der Waals surface area contributed by atoms with Crippen molar-refractivity contribution in [3.05, 3.63) is 18.7 Å². The average molecular weight is 244 g/mol. The number of nitrogens with one attached hydrogen (secondary N) is 1. The number of rotatable bonds is 2. The summed E-state index contributed by atoms with van der Waals surface area (Å²) in [5.74, 6) is -0.390. The van der Waals surface area contributed by atoms with Gasteiger partial charge in [0.15, 0.2) is 0 Å². The highest BCUT2D eigenvalue weighted by Gasteiger charge is 2.32. The van der Waals surface area contributed by atoms with Crippen molar-refractivity contribution in [3.8, 4) is 0 Å². The molecule has 0 aliphatic carbocycles. The number of β-lactam (4-membered cyclic amide) rings is 1. The maximum absolute atomic E-state index is 11.5. The Morgan fingerprint density at radius 3 is 2.69 bits per heavy atom. The van der Waals surface area contributed by atoms with Gasteiger partial charge in [-0.05, 0) is 0 Å². The summed E-state index contributed by atoms with van der Waals surface area (Å²) >= 11 is 0. The number of amides is 3. The number of imide groups is 1. The molecule has 1 aromatic heterocycles. The number of hydrogen-bond acceptors (Lipinski definition) is 5. The lowest BCUT2D eigenvalue weighted by Gasteiger charge is -2.28. The topological polar surface area (TPSA) is 101 Å². The van der Waals surface area contributed by atoms with Crippen LogP contribution in [0.3, 0.4) is 0 Å². The lowest BCUT2D eigenvalue weighted by atomic mass is 10.2. The normalized spacial score (nSPS) is 15.8. The zero-order chi connectivity index (χ0) is 11.8. The second-order valence-corrected chi connectivity index (χ2v) is 4.68. The Bertz CT molecular complexity index is 521. The van der Waals surface area contributed by atoms with Gasteiger partial charge in [-0.25, -0.2) is 18.5 Å². The fraction of sp³-hybridized carbons (Fsp3) is 0.286. The van der Waals surface area contributed by atoms with Crippen LogP contribution in [-0.2, 0) is 15.0 Å². The molecule has 16 heavy (non-hydrogen) atoms. The molecular weight excluding hydrogens is 236 g/mol. The molecule has 0 radical (unpaired) electrons. The summed E-state index contributed by atoms with van der Waals surface area (Å²) in [4.78, 5) is 26.6. The lowest BCUT2D eigenvalue weighted by molar-refractivity contribution is -0.135. The second kappa shape index (κ2) is 3.59. The van der Waals surface area contributed by atoms with Gasteiger partial charge in [0, 0.05) is 25.4 Å². The predicted octanol–water partition coefficient (Wildman–Crippen LogP) is -1.08. The SMILES string of the molecule is O=C1CCN1C(=O)NS(=O)(=O)n1ccnc1. The molecule has 0 aromatic carbocycles. The predicted molar refractivity (Wildman–Crippen MR) is 51.4 cm³/mol. The van der Waals surface area contributed by atoms with Crippen LogP contribution in [0.25, 0.3) is 0 Å². The van der Waals surface area contributed by atoms with Gasteiger partial charge in [-0.2, -0.15) is 8.42 Å². The lowest BCUT2D eigenvalue weighted by Crippen LogP contribution is -2.53. The summed E-state index contributed by atoms with van der Waals surface area (Å²) in [5, 5.41) is 0. The number of imidazole rings is 1. The molecule has 2 rings (SSSR count). The van der Waals surface area contributed by atoms with E-state index < -0.39 is 22.1 Å². The summed E-state index contributed by atoms with van der Waals surface area (Å²) in [6.45, 7) is 0.240. The van der Waals surface area contributed by atoms with Crippen LogP contribution >= 0.6 is 0 Å². The van der Waals surface area contributed by atoms with Gasteiger partial charge in [0.05, 0.1) is 0 Å². The molecule has 0 unspecified atom stereocenters. The Hall–Kier alpha value is -1.90. The highest BCUT2D eigenvalue weighted by molar-refractivity contribution is 7.88. The summed E-state index contributed by atoms with van der Waals surface area (Å²) in [6, 6.07) is -0.940. The molecule has 1 aromatic rings. The standard InChI is InChI=1S/C7H8N4O4S/c12-6-1-3-11(6)7(13)9-16(14,15)10-4-2-8-5-10/h2,4-5H,1,3H2,(H,9,13). The highest BCUT2D eigenvalue weighted by Crippen LogP contribution is 2.08. The Kier molecular flexibility index (Phi) is 2.38. The minimum absolute atomic E-state index is 0.240. The van der Waals surface area contributed by atoms with Gasteiger partial charge in [-0.1, -0.05) is 0 Å². The van der Waals surface area contributed by atoms with E-state index in [0.717, 1.165) is 15.2 Å². The Labute approximate surface area is 91.1 Å². The van der Waals surface area contributed by atoms with E-state index in [1.807, 2.05) is 0 Å². The Morgan fingerprint density at radius 1 is 1.50 bits per heavy atom. The Morgan fingerprint density at radius 2 is 2.25 bits per heavy atom. The molecule has 0 spiro atoms. The van der Waals surface area contributed by atoms with Crippen molar-refractivity contribution in [2.45, 2.75) is 6.42 Å². The van der Waals surface area contributed by atoms with E-state index in [9.17, 15) is 18.0 Å². The summed E-state index contributed by atoms with van der Waals surface area (Å²) < 4.78 is 25.5. The van der Waals surface area contributed by atoms with Gasteiger partial charge in [-0.15, -0.1) is 0 Å². The van der Waals surface area contributed by atoms with Crippen LogP contribution in [-0.4, -0.2) is 40.8 Å². The van der Waals surface area contributed by atoms with Gasteiger partial charge in [-0.3, -0.25) is 9.69 Å². The minimum atomic E-state index is -4.00. The molecule has 2 heterocycles. The Balaban J connectivity index is 2.10. The molecule has 1 fully saturated rings. The van der Waals surface area contributed by atoms with E-state index in [0.29, 0.717) is 0 Å². The van der Waals surface area contributed by atoms with Crippen molar-refractivity contribution in [2.75, 3.05) is 6.54 Å². The van der Waals surface area contributed by atoms with E-state index in [1.54, 1.807) is 4.72 Å². The van der Waals surface area contributed by atoms with Gasteiger partial charge < -0.3 is 0 Å². The van der Waals surface area contributed by atoms with Gasteiger partial charge >= 0.3 is 16.2 Å². The molecule has 1 aliphatic rings. The maximum atomic E-state index is 11.5. The molecule has 86 valence electrons. The third kappa shape index (κ3) is 1.76. The number of hydrogen-bond donors (Lipinski definition) is 1. The van der Waals surface area contributed by atoms with E-state index in [2.05, 4.69) is 4.98 Å². The molecule has 0 saturated carbocycles. The van der Waals surface area contributed by atoms with Crippen LogP contribution in [0, 0.1) is 0 Å². The monoisotopic (exact) mass is 244 g/mol. The zero-order valence-electron chi connectivity index (χ0n) is 8.03. The zero-order valence-corrected chi connectivity index (χ0v) is 8.85. The molecular formula is C7H8N4O4S. The van der Waals surface area contributed by atoms with Crippen molar-refractivity contribution in [3.63, 3.8) is 0 Å². The quantitative estimate of drug-likeness (QED) is 0.666. The molecule has 9 heteroatoms. The van der Waals surface area contributed by atoms with Crippen LogP contribution in [0.4, 0.5) is 4.79 Å². The molecule has 1 aliphatic heterocycles. The average Bonchev–Trinajstić information content (AvgIpc) is 2.67. The number of urea groups is 1. The number of carbonyl (C=O) groups excluding carboxylic acids is 2. The van der Waals surface area contributed by atoms with Gasteiger partial charge in [0.2, 0.25) is 5.91 Å². The number of carbonyl (C=O) groups is 2. The third-order valence-corrected chi connectivity index (χ3v) is 3.27. The fourth-order valence-corrected chi connectivity index (χ4v) is 1.97. The van der Waals surface area contributed by atoms with Crippen LogP contribution in [0.15, 0.2) is 18.7 Å². The van der Waals surface area contributed by atoms with Crippen molar-refractivity contribution < 1.29 is 18.0 Å². The van der Waals surface area contributed by atoms with Crippen LogP contribution in [0.1, 0.15) is 6.42 Å². The first kappa shape index (κ1) is 10.6. The maximum Gasteiger partial charge on any atom is 0.339 e. The van der Waals surface area contributed by atoms with Crippen molar-refractivity contribution in [2.24, 2.45) is 0 Å². The number of likely N-dealkylation sites (tertiary alicyclic amines) is 1. The molecule has 1 saturated heterocycles. The third-order valence-electron chi connectivity index (χ3n) is 2.07.